The Morgan fingerprint density at radius 1 is 1.30 bits per heavy atom. The fraction of sp³-hybridized carbons (Fsp3) is 0.471. The molecule has 1 aromatic heterocycles. The predicted molar refractivity (Wildman–Crippen MR) is 87.9 cm³/mol. The van der Waals surface area contributed by atoms with E-state index in [2.05, 4.69) is 40.8 Å². The Morgan fingerprint density at radius 2 is 2.17 bits per heavy atom. The average Bonchev–Trinajstić information content (AvgIpc) is 3.06. The van der Waals surface area contributed by atoms with Gasteiger partial charge in [-0.15, -0.1) is 5.10 Å². The second-order valence-electron chi connectivity index (χ2n) is 5.85. The second-order valence-corrected chi connectivity index (χ2v) is 5.85. The summed E-state index contributed by atoms with van der Waals surface area (Å²) >= 11 is 0. The first-order valence-electron chi connectivity index (χ1n) is 8.22. The van der Waals surface area contributed by atoms with E-state index >= 15 is 0 Å². The number of amides is 2. The van der Waals surface area contributed by atoms with Gasteiger partial charge in [0.05, 0.1) is 12.7 Å². The van der Waals surface area contributed by atoms with E-state index in [0.29, 0.717) is 13.1 Å². The van der Waals surface area contributed by atoms with Crippen LogP contribution in [0.3, 0.4) is 0 Å². The van der Waals surface area contributed by atoms with Crippen molar-refractivity contribution in [3.63, 3.8) is 0 Å². The van der Waals surface area contributed by atoms with Crippen LogP contribution in [0.1, 0.15) is 36.2 Å². The van der Waals surface area contributed by atoms with Crippen molar-refractivity contribution in [1.82, 2.24) is 25.2 Å². The molecule has 1 aromatic carbocycles. The Labute approximate surface area is 136 Å². The molecule has 2 amide bonds. The van der Waals surface area contributed by atoms with Crippen molar-refractivity contribution >= 4 is 6.03 Å². The van der Waals surface area contributed by atoms with Crippen molar-refractivity contribution in [2.24, 2.45) is 0 Å². The van der Waals surface area contributed by atoms with Crippen molar-refractivity contribution < 1.29 is 4.79 Å². The quantitative estimate of drug-likeness (QED) is 0.940. The lowest BCUT2D eigenvalue weighted by Gasteiger charge is -2.29. The standard InChI is InChI=1S/C17H23N5O/c1-3-13-5-6-15-11-21(8-7-14(15)9-13)17(23)18-10-16-12-22(4-2)20-19-16/h5-6,9,12H,3-4,7-8,10-11H2,1-2H3,(H,18,23). The summed E-state index contributed by atoms with van der Waals surface area (Å²) in [5.41, 5.74) is 4.77. The van der Waals surface area contributed by atoms with Crippen LogP contribution in [0.4, 0.5) is 4.79 Å². The summed E-state index contributed by atoms with van der Waals surface area (Å²) in [7, 11) is 0. The highest BCUT2D eigenvalue weighted by Gasteiger charge is 2.20. The normalized spacial score (nSPS) is 13.7. The Bertz CT molecular complexity index is 694. The molecule has 1 aliphatic heterocycles. The molecule has 23 heavy (non-hydrogen) atoms. The molecule has 2 aromatic rings. The number of carbonyl (C=O) groups excluding carboxylic acids is 1. The molecule has 3 rings (SSSR count). The number of aryl methyl sites for hydroxylation is 2. The number of carbonyl (C=O) groups is 1. The van der Waals surface area contributed by atoms with Crippen LogP contribution >= 0.6 is 0 Å². The monoisotopic (exact) mass is 313 g/mol. The summed E-state index contributed by atoms with van der Waals surface area (Å²) in [5, 5.41) is 10.9. The number of urea groups is 1. The number of benzene rings is 1. The highest BCUT2D eigenvalue weighted by molar-refractivity contribution is 5.74. The number of rotatable bonds is 4. The summed E-state index contributed by atoms with van der Waals surface area (Å²) in [5.74, 6) is 0. The highest BCUT2D eigenvalue weighted by atomic mass is 16.2. The van der Waals surface area contributed by atoms with Crippen molar-refractivity contribution in [3.05, 3.63) is 46.8 Å². The van der Waals surface area contributed by atoms with Crippen molar-refractivity contribution in [2.75, 3.05) is 6.54 Å². The number of hydrogen-bond acceptors (Lipinski definition) is 3. The van der Waals surface area contributed by atoms with Crippen LogP contribution in [-0.4, -0.2) is 32.5 Å². The van der Waals surface area contributed by atoms with E-state index in [0.717, 1.165) is 31.6 Å². The Balaban J connectivity index is 1.58. The van der Waals surface area contributed by atoms with Crippen molar-refractivity contribution in [1.29, 1.82) is 0 Å². The maximum absolute atomic E-state index is 12.3. The van der Waals surface area contributed by atoms with Gasteiger partial charge >= 0.3 is 6.03 Å². The largest absolute Gasteiger partial charge is 0.332 e. The molecular weight excluding hydrogens is 290 g/mol. The minimum absolute atomic E-state index is 0.0405. The zero-order valence-electron chi connectivity index (χ0n) is 13.7. The number of nitrogens with one attached hydrogen (secondary N) is 1. The predicted octanol–water partition coefficient (Wildman–Crippen LogP) is 2.13. The molecule has 0 fully saturated rings. The summed E-state index contributed by atoms with van der Waals surface area (Å²) in [6.45, 7) is 6.80. The van der Waals surface area contributed by atoms with Gasteiger partial charge in [0.25, 0.3) is 0 Å². The molecule has 122 valence electrons. The first kappa shape index (κ1) is 15.5. The Kier molecular flexibility index (Phi) is 4.60. The van der Waals surface area contributed by atoms with Crippen LogP contribution < -0.4 is 5.32 Å². The lowest BCUT2D eigenvalue weighted by Crippen LogP contribution is -2.42. The summed E-state index contributed by atoms with van der Waals surface area (Å²) in [6.07, 6.45) is 3.83. The van der Waals surface area contributed by atoms with Gasteiger partial charge in [-0.2, -0.15) is 0 Å². The van der Waals surface area contributed by atoms with Crippen LogP contribution in [0.5, 0.6) is 0 Å². The van der Waals surface area contributed by atoms with E-state index in [1.54, 1.807) is 4.68 Å². The van der Waals surface area contributed by atoms with E-state index in [4.69, 9.17) is 0 Å². The van der Waals surface area contributed by atoms with E-state index in [1.165, 1.54) is 16.7 Å². The summed E-state index contributed by atoms with van der Waals surface area (Å²) < 4.78 is 1.75. The van der Waals surface area contributed by atoms with Gasteiger partial charge in [-0.1, -0.05) is 30.3 Å². The van der Waals surface area contributed by atoms with Crippen molar-refractivity contribution in [3.8, 4) is 0 Å². The molecule has 0 saturated carbocycles. The first-order chi connectivity index (χ1) is 11.2. The number of fused-ring (bicyclic) bond motifs is 1. The van der Waals surface area contributed by atoms with Crippen LogP contribution in [-0.2, 0) is 32.5 Å². The molecular formula is C17H23N5O. The summed E-state index contributed by atoms with van der Waals surface area (Å²) in [6, 6.07) is 6.54. The zero-order valence-corrected chi connectivity index (χ0v) is 13.7. The molecule has 0 saturated heterocycles. The number of aromatic nitrogens is 3. The molecule has 0 bridgehead atoms. The van der Waals surface area contributed by atoms with Gasteiger partial charge in [0, 0.05) is 19.6 Å². The van der Waals surface area contributed by atoms with E-state index in [1.807, 2.05) is 18.0 Å². The Morgan fingerprint density at radius 3 is 2.91 bits per heavy atom. The third-order valence-corrected chi connectivity index (χ3v) is 4.31. The second kappa shape index (κ2) is 6.81. The highest BCUT2D eigenvalue weighted by Crippen LogP contribution is 2.20. The van der Waals surface area contributed by atoms with E-state index in [9.17, 15) is 4.79 Å². The van der Waals surface area contributed by atoms with Crippen LogP contribution in [0.25, 0.3) is 0 Å². The first-order valence-corrected chi connectivity index (χ1v) is 8.22. The molecule has 1 aliphatic rings. The third kappa shape index (κ3) is 3.52. The Hall–Kier alpha value is -2.37. The minimum atomic E-state index is -0.0405. The van der Waals surface area contributed by atoms with Gasteiger partial charge in [0.1, 0.15) is 5.69 Å². The smallest absolute Gasteiger partial charge is 0.318 e. The zero-order chi connectivity index (χ0) is 16.2. The molecule has 2 heterocycles. The fourth-order valence-electron chi connectivity index (χ4n) is 2.85. The fourth-order valence-corrected chi connectivity index (χ4v) is 2.85. The molecule has 0 atom stereocenters. The van der Waals surface area contributed by atoms with Crippen molar-refractivity contribution in [2.45, 2.75) is 46.3 Å². The maximum atomic E-state index is 12.3. The topological polar surface area (TPSA) is 63.1 Å². The SMILES string of the molecule is CCc1ccc2c(c1)CCN(C(=O)NCc1cn(CC)nn1)C2. The molecule has 0 radical (unpaired) electrons. The van der Waals surface area contributed by atoms with Gasteiger partial charge in [-0.25, -0.2) is 4.79 Å². The van der Waals surface area contributed by atoms with E-state index < -0.39 is 0 Å². The lowest BCUT2D eigenvalue weighted by atomic mass is 9.97. The van der Waals surface area contributed by atoms with Gasteiger partial charge in [0.15, 0.2) is 0 Å². The molecule has 1 N–H and O–H groups in total. The average molecular weight is 313 g/mol. The maximum Gasteiger partial charge on any atom is 0.318 e. The molecule has 0 aliphatic carbocycles. The van der Waals surface area contributed by atoms with Gasteiger partial charge in [0.2, 0.25) is 0 Å². The van der Waals surface area contributed by atoms with Gasteiger partial charge < -0.3 is 10.2 Å². The third-order valence-electron chi connectivity index (χ3n) is 4.31. The van der Waals surface area contributed by atoms with Crippen LogP contribution in [0, 0.1) is 0 Å². The molecule has 6 heteroatoms. The van der Waals surface area contributed by atoms with Crippen LogP contribution in [0.2, 0.25) is 0 Å². The molecule has 0 unspecified atom stereocenters. The van der Waals surface area contributed by atoms with Gasteiger partial charge in [-0.3, -0.25) is 4.68 Å². The lowest BCUT2D eigenvalue weighted by molar-refractivity contribution is 0.192. The molecule has 6 nitrogen and oxygen atoms in total. The number of nitrogens with zero attached hydrogens (tertiary/aromatic N) is 4. The number of hydrogen-bond donors (Lipinski definition) is 1. The van der Waals surface area contributed by atoms with Crippen LogP contribution in [0.15, 0.2) is 24.4 Å². The van der Waals surface area contributed by atoms with Gasteiger partial charge in [-0.05, 0) is 36.5 Å². The minimum Gasteiger partial charge on any atom is -0.332 e. The molecule has 0 spiro atoms. The summed E-state index contributed by atoms with van der Waals surface area (Å²) in [4.78, 5) is 14.2. The van der Waals surface area contributed by atoms with E-state index in [-0.39, 0.29) is 6.03 Å².